The monoisotopic (exact) mass is 921 g/mol. The molecule has 0 radical (unpaired) electrons. The van der Waals surface area contributed by atoms with E-state index < -0.39 is 6.10 Å². The van der Waals surface area contributed by atoms with Crippen LogP contribution in [0.15, 0.2) is 72.9 Å². The first-order valence-corrected chi connectivity index (χ1v) is 28.5. The summed E-state index contributed by atoms with van der Waals surface area (Å²) in [4.78, 5) is 25.5. The van der Waals surface area contributed by atoms with Gasteiger partial charge in [0.25, 0.3) is 0 Å². The summed E-state index contributed by atoms with van der Waals surface area (Å²) in [5.74, 6) is -0.427. The van der Waals surface area contributed by atoms with E-state index in [9.17, 15) is 9.59 Å². The van der Waals surface area contributed by atoms with Gasteiger partial charge >= 0.3 is 11.9 Å². The number of esters is 2. The van der Waals surface area contributed by atoms with Gasteiger partial charge in [0.15, 0.2) is 6.10 Å². The Labute approximate surface area is 410 Å². The Morgan fingerprint density at radius 3 is 1.14 bits per heavy atom. The standard InChI is InChI=1S/C61H108O5/c1-4-7-10-13-16-19-22-25-27-29-30-31-33-35-38-41-44-47-50-53-56-64-57-59(66-61(63)55-52-49-46-43-40-36-24-21-18-15-12-9-6-3)58-65-60(62)54-51-48-45-42-39-37-34-32-28-26-23-20-17-14-11-8-5-2/h9,12,16,18-19,21,25,27,30-31,36,40,59H,4-8,10-11,13-15,17,20,22-24,26,28-29,32-35,37-39,41-58H2,1-3H3/b12-9-,19-16-,21-18-,27-25-,31-30-,40-36-. The van der Waals surface area contributed by atoms with Crippen LogP contribution in [0.3, 0.4) is 0 Å². The summed E-state index contributed by atoms with van der Waals surface area (Å²) >= 11 is 0. The predicted molar refractivity (Wildman–Crippen MR) is 288 cm³/mol. The molecule has 66 heavy (non-hydrogen) atoms. The van der Waals surface area contributed by atoms with E-state index in [1.165, 1.54) is 161 Å². The van der Waals surface area contributed by atoms with E-state index in [2.05, 4.69) is 93.7 Å². The van der Waals surface area contributed by atoms with E-state index in [0.717, 1.165) is 83.5 Å². The van der Waals surface area contributed by atoms with Crippen LogP contribution in [0.2, 0.25) is 0 Å². The van der Waals surface area contributed by atoms with Crippen LogP contribution in [0.4, 0.5) is 0 Å². The van der Waals surface area contributed by atoms with Gasteiger partial charge in [0.1, 0.15) is 6.61 Å². The predicted octanol–water partition coefficient (Wildman–Crippen LogP) is 19.5. The van der Waals surface area contributed by atoms with E-state index in [4.69, 9.17) is 14.2 Å². The van der Waals surface area contributed by atoms with Crippen LogP contribution < -0.4 is 0 Å². The Hall–Kier alpha value is -2.66. The van der Waals surface area contributed by atoms with Crippen molar-refractivity contribution in [2.45, 2.75) is 284 Å². The minimum Gasteiger partial charge on any atom is -0.462 e. The van der Waals surface area contributed by atoms with Crippen LogP contribution >= 0.6 is 0 Å². The van der Waals surface area contributed by atoms with Gasteiger partial charge < -0.3 is 14.2 Å². The molecule has 5 nitrogen and oxygen atoms in total. The van der Waals surface area contributed by atoms with Gasteiger partial charge in [0.05, 0.1) is 6.61 Å². The Balaban J connectivity index is 4.28. The molecular formula is C61H108O5. The molecule has 0 aliphatic rings. The third-order valence-corrected chi connectivity index (χ3v) is 12.2. The zero-order valence-corrected chi connectivity index (χ0v) is 44.0. The van der Waals surface area contributed by atoms with E-state index in [1.54, 1.807) is 0 Å². The molecule has 0 aliphatic heterocycles. The first-order chi connectivity index (χ1) is 32.6. The zero-order chi connectivity index (χ0) is 47.7. The molecule has 0 spiro atoms. The summed E-state index contributed by atoms with van der Waals surface area (Å²) in [5.41, 5.74) is 0. The maximum atomic E-state index is 12.8. The smallest absolute Gasteiger partial charge is 0.306 e. The van der Waals surface area contributed by atoms with Crippen molar-refractivity contribution >= 4 is 11.9 Å². The lowest BCUT2D eigenvalue weighted by Crippen LogP contribution is -2.30. The van der Waals surface area contributed by atoms with Crippen molar-refractivity contribution in [3.63, 3.8) is 0 Å². The molecule has 382 valence electrons. The Bertz CT molecular complexity index is 1180. The summed E-state index contributed by atoms with van der Waals surface area (Å²) in [7, 11) is 0. The van der Waals surface area contributed by atoms with Crippen LogP contribution in [-0.2, 0) is 23.8 Å². The lowest BCUT2D eigenvalue weighted by molar-refractivity contribution is -0.163. The molecule has 0 saturated carbocycles. The number of unbranched alkanes of at least 4 members (excludes halogenated alkanes) is 29. The highest BCUT2D eigenvalue weighted by atomic mass is 16.6. The van der Waals surface area contributed by atoms with Crippen molar-refractivity contribution < 1.29 is 23.8 Å². The van der Waals surface area contributed by atoms with Crippen molar-refractivity contribution in [2.75, 3.05) is 19.8 Å². The fourth-order valence-electron chi connectivity index (χ4n) is 8.00. The third-order valence-electron chi connectivity index (χ3n) is 12.2. The van der Waals surface area contributed by atoms with Gasteiger partial charge in [-0.3, -0.25) is 9.59 Å². The van der Waals surface area contributed by atoms with Crippen LogP contribution in [0.25, 0.3) is 0 Å². The van der Waals surface area contributed by atoms with Gasteiger partial charge in [-0.25, -0.2) is 0 Å². The summed E-state index contributed by atoms with van der Waals surface area (Å²) < 4.78 is 17.4. The van der Waals surface area contributed by atoms with Crippen molar-refractivity contribution in [1.29, 1.82) is 0 Å². The quantitative estimate of drug-likeness (QED) is 0.0346. The van der Waals surface area contributed by atoms with Gasteiger partial charge in [-0.1, -0.05) is 248 Å². The van der Waals surface area contributed by atoms with Gasteiger partial charge in [0.2, 0.25) is 0 Å². The second kappa shape index (κ2) is 56.7. The number of hydrogen-bond acceptors (Lipinski definition) is 5. The molecule has 5 heteroatoms. The second-order valence-electron chi connectivity index (χ2n) is 18.8. The molecule has 0 aromatic heterocycles. The normalized spacial score (nSPS) is 12.7. The topological polar surface area (TPSA) is 61.8 Å². The summed E-state index contributed by atoms with van der Waals surface area (Å²) in [6, 6.07) is 0. The van der Waals surface area contributed by atoms with E-state index >= 15 is 0 Å². The van der Waals surface area contributed by atoms with Crippen LogP contribution in [-0.4, -0.2) is 37.9 Å². The van der Waals surface area contributed by atoms with E-state index in [1.807, 2.05) is 0 Å². The third kappa shape index (κ3) is 54.0. The highest BCUT2D eigenvalue weighted by Gasteiger charge is 2.17. The average Bonchev–Trinajstić information content (AvgIpc) is 3.32. The molecule has 0 saturated heterocycles. The number of rotatable bonds is 52. The molecule has 0 bridgehead atoms. The molecule has 0 aromatic carbocycles. The molecule has 0 N–H and O–H groups in total. The van der Waals surface area contributed by atoms with Crippen molar-refractivity contribution in [3.05, 3.63) is 72.9 Å². The highest BCUT2D eigenvalue weighted by Crippen LogP contribution is 2.16. The van der Waals surface area contributed by atoms with Gasteiger partial charge in [-0.2, -0.15) is 0 Å². The molecule has 0 rings (SSSR count). The molecule has 0 aliphatic carbocycles. The average molecular weight is 922 g/mol. The minimum atomic E-state index is -0.558. The number of allylic oxidation sites excluding steroid dienone is 12. The number of ether oxygens (including phenoxy) is 3. The first-order valence-electron chi connectivity index (χ1n) is 28.5. The lowest BCUT2D eigenvalue weighted by Gasteiger charge is -2.18. The van der Waals surface area contributed by atoms with E-state index in [0.29, 0.717) is 19.4 Å². The summed E-state index contributed by atoms with van der Waals surface area (Å²) in [6.07, 6.45) is 73.5. The molecule has 0 fully saturated rings. The molecule has 0 amide bonds. The van der Waals surface area contributed by atoms with Crippen LogP contribution in [0.1, 0.15) is 278 Å². The fourth-order valence-corrected chi connectivity index (χ4v) is 8.00. The molecule has 0 heterocycles. The zero-order valence-electron chi connectivity index (χ0n) is 44.0. The molecule has 0 aromatic rings. The lowest BCUT2D eigenvalue weighted by atomic mass is 10.0. The number of hydrogen-bond donors (Lipinski definition) is 0. The van der Waals surface area contributed by atoms with Crippen molar-refractivity contribution in [3.8, 4) is 0 Å². The van der Waals surface area contributed by atoms with Crippen molar-refractivity contribution in [2.24, 2.45) is 0 Å². The van der Waals surface area contributed by atoms with Crippen LogP contribution in [0.5, 0.6) is 0 Å². The van der Waals surface area contributed by atoms with Gasteiger partial charge in [-0.15, -0.1) is 0 Å². The van der Waals surface area contributed by atoms with Gasteiger partial charge in [-0.05, 0) is 89.9 Å². The Morgan fingerprint density at radius 2 is 0.682 bits per heavy atom. The van der Waals surface area contributed by atoms with Crippen LogP contribution in [0, 0.1) is 0 Å². The number of carbonyl (C=O) groups is 2. The minimum absolute atomic E-state index is 0.0698. The Morgan fingerprint density at radius 1 is 0.348 bits per heavy atom. The highest BCUT2D eigenvalue weighted by molar-refractivity contribution is 5.70. The maximum absolute atomic E-state index is 12.8. The molecular weight excluding hydrogens is 813 g/mol. The van der Waals surface area contributed by atoms with Gasteiger partial charge in [0, 0.05) is 19.4 Å². The van der Waals surface area contributed by atoms with Crippen molar-refractivity contribution in [1.82, 2.24) is 0 Å². The number of carbonyl (C=O) groups excluding carboxylic acids is 2. The summed E-state index contributed by atoms with van der Waals surface area (Å²) in [6.45, 7) is 7.67. The second-order valence-corrected chi connectivity index (χ2v) is 18.8. The van der Waals surface area contributed by atoms with E-state index in [-0.39, 0.29) is 25.2 Å². The largest absolute Gasteiger partial charge is 0.462 e. The molecule has 1 unspecified atom stereocenters. The fraction of sp³-hybridized carbons (Fsp3) is 0.770. The Kier molecular flexibility index (Phi) is 54.4. The molecule has 1 atom stereocenters. The maximum Gasteiger partial charge on any atom is 0.306 e. The SMILES string of the molecule is CC/C=C\C/C=C\C/C=C\CCCCCC(=O)OC(COCCCCCCCCC/C=C\C/C=C\C/C=C\CCCCC)COC(=O)CCCCCCCCCCCCCCCCCCC. The summed E-state index contributed by atoms with van der Waals surface area (Å²) in [5, 5.41) is 0. The first kappa shape index (κ1) is 63.3.